The SMILES string of the molecule is C[C@@H](c1cncs1)N(C)Cc1ccc(CCC(C)(C)O)cc1. The molecular formula is C18H26N2OS. The Morgan fingerprint density at radius 2 is 1.86 bits per heavy atom. The zero-order chi connectivity index (χ0) is 16.2. The maximum atomic E-state index is 9.79. The quantitative estimate of drug-likeness (QED) is 0.837. The lowest BCUT2D eigenvalue weighted by Gasteiger charge is -2.23. The third-order valence-corrected chi connectivity index (χ3v) is 4.95. The molecule has 0 radical (unpaired) electrons. The summed E-state index contributed by atoms with van der Waals surface area (Å²) in [6.07, 6.45) is 3.65. The predicted molar refractivity (Wildman–Crippen MR) is 93.1 cm³/mol. The van der Waals surface area contributed by atoms with Crippen LogP contribution in [-0.2, 0) is 13.0 Å². The lowest BCUT2D eigenvalue weighted by atomic mass is 9.98. The van der Waals surface area contributed by atoms with Gasteiger partial charge in [-0.05, 0) is 51.8 Å². The third-order valence-electron chi connectivity index (χ3n) is 4.00. The van der Waals surface area contributed by atoms with Gasteiger partial charge in [0.15, 0.2) is 0 Å². The Kier molecular flexibility index (Phi) is 5.73. The lowest BCUT2D eigenvalue weighted by molar-refractivity contribution is 0.0714. The minimum absolute atomic E-state index is 0.377. The molecule has 120 valence electrons. The average Bonchev–Trinajstić information content (AvgIpc) is 2.99. The van der Waals surface area contributed by atoms with Gasteiger partial charge in [0.1, 0.15) is 0 Å². The summed E-state index contributed by atoms with van der Waals surface area (Å²) in [5.41, 5.74) is 3.88. The highest BCUT2D eigenvalue weighted by atomic mass is 32.1. The van der Waals surface area contributed by atoms with Crippen molar-refractivity contribution in [1.29, 1.82) is 0 Å². The normalized spacial score (nSPS) is 13.5. The van der Waals surface area contributed by atoms with Crippen LogP contribution in [-0.4, -0.2) is 27.6 Å². The average molecular weight is 318 g/mol. The van der Waals surface area contributed by atoms with Crippen LogP contribution in [0, 0.1) is 0 Å². The molecule has 0 aliphatic rings. The molecule has 0 amide bonds. The summed E-state index contributed by atoms with van der Waals surface area (Å²) in [7, 11) is 2.15. The molecular weight excluding hydrogens is 292 g/mol. The van der Waals surface area contributed by atoms with Gasteiger partial charge in [-0.3, -0.25) is 9.88 Å². The largest absolute Gasteiger partial charge is 0.390 e. The fourth-order valence-corrected chi connectivity index (χ4v) is 3.08. The topological polar surface area (TPSA) is 36.4 Å². The summed E-state index contributed by atoms with van der Waals surface area (Å²) in [4.78, 5) is 7.78. The van der Waals surface area contributed by atoms with E-state index in [1.54, 1.807) is 11.3 Å². The highest BCUT2D eigenvalue weighted by Gasteiger charge is 2.14. The van der Waals surface area contributed by atoms with E-state index in [2.05, 4.69) is 48.1 Å². The number of aromatic nitrogens is 1. The summed E-state index contributed by atoms with van der Waals surface area (Å²) in [5.74, 6) is 0. The van der Waals surface area contributed by atoms with Crippen molar-refractivity contribution < 1.29 is 5.11 Å². The van der Waals surface area contributed by atoms with Crippen LogP contribution in [0.4, 0.5) is 0 Å². The summed E-state index contributed by atoms with van der Waals surface area (Å²) >= 11 is 1.70. The second kappa shape index (κ2) is 7.36. The molecule has 1 heterocycles. The van der Waals surface area contributed by atoms with E-state index in [1.165, 1.54) is 16.0 Å². The summed E-state index contributed by atoms with van der Waals surface area (Å²) in [6.45, 7) is 6.85. The van der Waals surface area contributed by atoms with Crippen LogP contribution in [0.5, 0.6) is 0 Å². The molecule has 0 spiro atoms. The molecule has 1 aromatic carbocycles. The van der Waals surface area contributed by atoms with Gasteiger partial charge >= 0.3 is 0 Å². The first-order valence-corrected chi connectivity index (χ1v) is 8.62. The Bertz CT molecular complexity index is 558. The Morgan fingerprint density at radius 1 is 1.23 bits per heavy atom. The van der Waals surface area contributed by atoms with Gasteiger partial charge in [0.25, 0.3) is 0 Å². The summed E-state index contributed by atoms with van der Waals surface area (Å²) < 4.78 is 0. The number of rotatable bonds is 7. The molecule has 0 saturated carbocycles. The number of hydrogen-bond acceptors (Lipinski definition) is 4. The van der Waals surface area contributed by atoms with Crippen LogP contribution in [0.15, 0.2) is 36.0 Å². The molecule has 0 unspecified atom stereocenters. The fraction of sp³-hybridized carbons (Fsp3) is 0.500. The van der Waals surface area contributed by atoms with Crippen LogP contribution < -0.4 is 0 Å². The Morgan fingerprint density at radius 3 is 2.41 bits per heavy atom. The van der Waals surface area contributed by atoms with Crippen LogP contribution in [0.3, 0.4) is 0 Å². The molecule has 22 heavy (non-hydrogen) atoms. The van der Waals surface area contributed by atoms with Gasteiger partial charge in [0.2, 0.25) is 0 Å². The molecule has 0 aliphatic carbocycles. The third kappa shape index (κ3) is 5.20. The van der Waals surface area contributed by atoms with E-state index in [0.29, 0.717) is 6.04 Å². The van der Waals surface area contributed by atoms with Gasteiger partial charge in [-0.25, -0.2) is 0 Å². The van der Waals surface area contributed by atoms with Crippen molar-refractivity contribution in [2.75, 3.05) is 7.05 Å². The number of thiazole rings is 1. The molecule has 2 aromatic rings. The highest BCUT2D eigenvalue weighted by Crippen LogP contribution is 2.23. The molecule has 0 bridgehead atoms. The second-order valence-electron chi connectivity index (χ2n) is 6.62. The van der Waals surface area contributed by atoms with Crippen molar-refractivity contribution >= 4 is 11.3 Å². The Labute approximate surface area is 137 Å². The van der Waals surface area contributed by atoms with Gasteiger partial charge in [0.05, 0.1) is 11.1 Å². The smallest absolute Gasteiger partial charge is 0.0794 e. The first kappa shape index (κ1) is 17.1. The van der Waals surface area contributed by atoms with Crippen LogP contribution in [0.1, 0.15) is 49.2 Å². The summed E-state index contributed by atoms with van der Waals surface area (Å²) in [6, 6.07) is 9.10. The molecule has 1 aromatic heterocycles. The molecule has 0 saturated heterocycles. The van der Waals surface area contributed by atoms with E-state index in [-0.39, 0.29) is 0 Å². The van der Waals surface area contributed by atoms with Crippen molar-refractivity contribution in [3.8, 4) is 0 Å². The number of aliphatic hydroxyl groups is 1. The van der Waals surface area contributed by atoms with Gasteiger partial charge in [-0.2, -0.15) is 0 Å². The van der Waals surface area contributed by atoms with E-state index in [0.717, 1.165) is 19.4 Å². The van der Waals surface area contributed by atoms with E-state index in [4.69, 9.17) is 0 Å². The maximum absolute atomic E-state index is 9.79. The monoisotopic (exact) mass is 318 g/mol. The predicted octanol–water partition coefficient (Wildman–Crippen LogP) is 4.04. The molecule has 2 rings (SSSR count). The Balaban J connectivity index is 1.90. The number of benzene rings is 1. The number of aryl methyl sites for hydroxylation is 1. The first-order valence-electron chi connectivity index (χ1n) is 7.74. The fourth-order valence-electron chi connectivity index (χ4n) is 2.34. The molecule has 4 heteroatoms. The minimum Gasteiger partial charge on any atom is -0.390 e. The van der Waals surface area contributed by atoms with E-state index < -0.39 is 5.60 Å². The molecule has 3 nitrogen and oxygen atoms in total. The molecule has 1 N–H and O–H groups in total. The van der Waals surface area contributed by atoms with Crippen LogP contribution in [0.25, 0.3) is 0 Å². The molecule has 1 atom stereocenters. The zero-order valence-corrected chi connectivity index (χ0v) is 14.7. The summed E-state index contributed by atoms with van der Waals surface area (Å²) in [5, 5.41) is 9.79. The maximum Gasteiger partial charge on any atom is 0.0794 e. The highest BCUT2D eigenvalue weighted by molar-refractivity contribution is 7.09. The van der Waals surface area contributed by atoms with Gasteiger partial charge < -0.3 is 5.11 Å². The van der Waals surface area contributed by atoms with Crippen molar-refractivity contribution in [1.82, 2.24) is 9.88 Å². The Hall–Kier alpha value is -1.23. The minimum atomic E-state index is -0.594. The number of hydrogen-bond donors (Lipinski definition) is 1. The van der Waals surface area contributed by atoms with E-state index in [1.807, 2.05) is 25.6 Å². The first-order chi connectivity index (χ1) is 10.3. The van der Waals surface area contributed by atoms with Crippen molar-refractivity contribution in [3.63, 3.8) is 0 Å². The standard InChI is InChI=1S/C18H26N2OS/c1-14(17-11-19-13-22-17)20(4)12-16-7-5-15(6-8-16)9-10-18(2,3)21/h5-8,11,13-14,21H,9-10,12H2,1-4H3/t14-/m0/s1. The molecule has 0 aliphatic heterocycles. The zero-order valence-electron chi connectivity index (χ0n) is 13.9. The van der Waals surface area contributed by atoms with Crippen molar-refractivity contribution in [2.45, 2.75) is 51.8 Å². The van der Waals surface area contributed by atoms with Crippen LogP contribution in [0.2, 0.25) is 0 Å². The van der Waals surface area contributed by atoms with E-state index >= 15 is 0 Å². The van der Waals surface area contributed by atoms with E-state index in [9.17, 15) is 5.11 Å². The van der Waals surface area contributed by atoms with Crippen molar-refractivity contribution in [2.24, 2.45) is 0 Å². The molecule has 0 fully saturated rings. The van der Waals surface area contributed by atoms with Crippen molar-refractivity contribution in [3.05, 3.63) is 52.0 Å². The van der Waals surface area contributed by atoms with Crippen LogP contribution >= 0.6 is 11.3 Å². The van der Waals surface area contributed by atoms with Gasteiger partial charge in [-0.1, -0.05) is 24.3 Å². The second-order valence-corrected chi connectivity index (χ2v) is 7.54. The lowest BCUT2D eigenvalue weighted by Crippen LogP contribution is -2.21. The van der Waals surface area contributed by atoms with Gasteiger partial charge in [0, 0.05) is 23.7 Å². The van der Waals surface area contributed by atoms with Gasteiger partial charge in [-0.15, -0.1) is 11.3 Å². The number of nitrogens with zero attached hydrogens (tertiary/aromatic N) is 2.